The Labute approximate surface area is 124 Å². The maximum absolute atomic E-state index is 13.3. The maximum atomic E-state index is 13.3. The molecule has 1 aromatic heterocycles. The van der Waals surface area contributed by atoms with E-state index in [4.69, 9.17) is 0 Å². The molecule has 0 atom stereocenters. The van der Waals surface area contributed by atoms with Crippen LogP contribution in [0.1, 0.15) is 16.1 Å². The van der Waals surface area contributed by atoms with Gasteiger partial charge in [-0.3, -0.25) is 9.78 Å². The number of halogens is 2. The van der Waals surface area contributed by atoms with Crippen molar-refractivity contribution < 1.29 is 9.18 Å². The second-order valence-corrected chi connectivity index (χ2v) is 5.07. The molecule has 20 heavy (non-hydrogen) atoms. The van der Waals surface area contributed by atoms with Crippen molar-refractivity contribution in [3.63, 3.8) is 0 Å². The molecular weight excluding hydrogens is 325 g/mol. The van der Waals surface area contributed by atoms with E-state index in [-0.39, 0.29) is 17.4 Å². The van der Waals surface area contributed by atoms with E-state index >= 15 is 0 Å². The number of anilines is 2. The Morgan fingerprint density at radius 2 is 2.10 bits per heavy atom. The van der Waals surface area contributed by atoms with Crippen molar-refractivity contribution in [2.24, 2.45) is 0 Å². The fourth-order valence-corrected chi connectivity index (χ4v) is 2.02. The number of aromatic nitrogens is 1. The van der Waals surface area contributed by atoms with Gasteiger partial charge in [0.2, 0.25) is 0 Å². The van der Waals surface area contributed by atoms with Gasteiger partial charge in [-0.05, 0) is 52.7 Å². The average Bonchev–Trinajstić information content (AvgIpc) is 2.44. The molecular formula is C14H13BrFN3O. The monoisotopic (exact) mass is 337 g/mol. The smallest absolute Gasteiger partial charge is 0.274 e. The number of amides is 1. The highest BCUT2D eigenvalue weighted by molar-refractivity contribution is 9.10. The van der Waals surface area contributed by atoms with Crippen molar-refractivity contribution in [3.05, 3.63) is 52.0 Å². The van der Waals surface area contributed by atoms with Crippen molar-refractivity contribution in [2.75, 3.05) is 17.7 Å². The zero-order valence-corrected chi connectivity index (χ0v) is 12.6. The number of rotatable bonds is 3. The largest absolute Gasteiger partial charge is 0.388 e. The average molecular weight is 338 g/mol. The first-order chi connectivity index (χ1) is 9.51. The fourth-order valence-electron chi connectivity index (χ4n) is 1.68. The summed E-state index contributed by atoms with van der Waals surface area (Å²) < 4.78 is 13.6. The van der Waals surface area contributed by atoms with E-state index in [9.17, 15) is 9.18 Å². The van der Waals surface area contributed by atoms with Gasteiger partial charge in [0, 0.05) is 24.6 Å². The molecule has 4 nitrogen and oxygen atoms in total. The Hall–Kier alpha value is -1.95. The second-order valence-electron chi connectivity index (χ2n) is 4.22. The lowest BCUT2D eigenvalue weighted by Crippen LogP contribution is -2.14. The molecule has 6 heteroatoms. The summed E-state index contributed by atoms with van der Waals surface area (Å²) in [6.07, 6.45) is 1.55. The third-order valence-electron chi connectivity index (χ3n) is 2.80. The zero-order valence-electron chi connectivity index (χ0n) is 11.0. The minimum atomic E-state index is -0.365. The van der Waals surface area contributed by atoms with Gasteiger partial charge < -0.3 is 10.6 Å². The molecule has 0 aliphatic rings. The Kier molecular flexibility index (Phi) is 4.34. The van der Waals surface area contributed by atoms with E-state index in [1.165, 1.54) is 12.1 Å². The first-order valence-corrected chi connectivity index (χ1v) is 6.71. The third-order valence-corrected chi connectivity index (χ3v) is 3.40. The number of hydrogen-bond donors (Lipinski definition) is 2. The standard InChI is InChI=1S/C14H13BrFN3O/c1-8-5-11(16)10(15)7-12(8)19-14(20)13-6-9(17-2)3-4-18-13/h3-7H,1-2H3,(H,17,18)(H,19,20). The molecule has 0 saturated carbocycles. The van der Waals surface area contributed by atoms with Crippen LogP contribution in [-0.2, 0) is 0 Å². The zero-order chi connectivity index (χ0) is 14.7. The number of nitrogens with one attached hydrogen (secondary N) is 2. The van der Waals surface area contributed by atoms with Gasteiger partial charge in [-0.2, -0.15) is 0 Å². The molecule has 0 spiro atoms. The molecule has 0 bridgehead atoms. The summed E-state index contributed by atoms with van der Waals surface area (Å²) in [7, 11) is 1.76. The Morgan fingerprint density at radius 1 is 1.35 bits per heavy atom. The molecule has 1 aromatic carbocycles. The molecule has 0 radical (unpaired) electrons. The van der Waals surface area contributed by atoms with Gasteiger partial charge in [0.05, 0.1) is 4.47 Å². The predicted molar refractivity (Wildman–Crippen MR) is 80.6 cm³/mol. The minimum Gasteiger partial charge on any atom is -0.388 e. The van der Waals surface area contributed by atoms with E-state index in [1.54, 1.807) is 32.3 Å². The normalized spacial score (nSPS) is 10.2. The lowest BCUT2D eigenvalue weighted by Gasteiger charge is -2.10. The molecule has 104 valence electrons. The van der Waals surface area contributed by atoms with Gasteiger partial charge in [-0.25, -0.2) is 4.39 Å². The SMILES string of the molecule is CNc1ccnc(C(=O)Nc2cc(Br)c(F)cc2C)c1. The molecule has 0 fully saturated rings. The van der Waals surface area contributed by atoms with Crippen LogP contribution < -0.4 is 10.6 Å². The van der Waals surface area contributed by atoms with E-state index < -0.39 is 0 Å². The molecule has 1 amide bonds. The summed E-state index contributed by atoms with van der Waals surface area (Å²) in [4.78, 5) is 16.1. The predicted octanol–water partition coefficient (Wildman–Crippen LogP) is 3.59. The summed E-state index contributed by atoms with van der Waals surface area (Å²) in [5, 5.41) is 5.66. The molecule has 2 aromatic rings. The Bertz CT molecular complexity index is 661. The van der Waals surface area contributed by atoms with Gasteiger partial charge in [-0.15, -0.1) is 0 Å². The van der Waals surface area contributed by atoms with Crippen molar-refractivity contribution in [2.45, 2.75) is 6.92 Å². The molecule has 1 heterocycles. The summed E-state index contributed by atoms with van der Waals surface area (Å²) in [6.45, 7) is 1.72. The van der Waals surface area contributed by atoms with E-state index in [2.05, 4.69) is 31.5 Å². The topological polar surface area (TPSA) is 54.0 Å². The van der Waals surface area contributed by atoms with E-state index in [0.29, 0.717) is 15.7 Å². The highest BCUT2D eigenvalue weighted by atomic mass is 79.9. The van der Waals surface area contributed by atoms with E-state index in [1.807, 2.05) is 0 Å². The quantitative estimate of drug-likeness (QED) is 0.899. The number of hydrogen-bond acceptors (Lipinski definition) is 3. The fraction of sp³-hybridized carbons (Fsp3) is 0.143. The van der Waals surface area contributed by atoms with Gasteiger partial charge in [0.25, 0.3) is 5.91 Å². The van der Waals surface area contributed by atoms with Crippen LogP contribution in [-0.4, -0.2) is 17.9 Å². The number of benzene rings is 1. The van der Waals surface area contributed by atoms with Crippen LogP contribution in [0.4, 0.5) is 15.8 Å². The van der Waals surface area contributed by atoms with Crippen molar-refractivity contribution in [1.29, 1.82) is 0 Å². The van der Waals surface area contributed by atoms with Crippen LogP contribution in [0.2, 0.25) is 0 Å². The summed E-state index contributed by atoms with van der Waals surface area (Å²) in [5.41, 5.74) is 2.27. The van der Waals surface area contributed by atoms with Gasteiger partial charge in [0.15, 0.2) is 0 Å². The van der Waals surface area contributed by atoms with Crippen LogP contribution in [0.5, 0.6) is 0 Å². The van der Waals surface area contributed by atoms with Gasteiger partial charge in [0.1, 0.15) is 11.5 Å². The van der Waals surface area contributed by atoms with Gasteiger partial charge in [-0.1, -0.05) is 0 Å². The molecule has 0 aliphatic carbocycles. The lowest BCUT2D eigenvalue weighted by molar-refractivity contribution is 0.102. The molecule has 0 saturated heterocycles. The number of carbonyl (C=O) groups excluding carboxylic acids is 1. The van der Waals surface area contributed by atoms with Crippen LogP contribution in [0, 0.1) is 12.7 Å². The summed E-state index contributed by atoms with van der Waals surface area (Å²) >= 11 is 3.10. The lowest BCUT2D eigenvalue weighted by atomic mass is 10.2. The van der Waals surface area contributed by atoms with Crippen LogP contribution in [0.15, 0.2) is 34.9 Å². The number of aryl methyl sites for hydroxylation is 1. The van der Waals surface area contributed by atoms with Crippen molar-refractivity contribution >= 4 is 33.2 Å². The van der Waals surface area contributed by atoms with E-state index in [0.717, 1.165) is 5.69 Å². The first kappa shape index (κ1) is 14.5. The first-order valence-electron chi connectivity index (χ1n) is 5.92. The van der Waals surface area contributed by atoms with Gasteiger partial charge >= 0.3 is 0 Å². The molecule has 0 aliphatic heterocycles. The molecule has 2 N–H and O–H groups in total. The Balaban J connectivity index is 2.25. The highest BCUT2D eigenvalue weighted by Gasteiger charge is 2.11. The van der Waals surface area contributed by atoms with Crippen LogP contribution in [0.3, 0.4) is 0 Å². The molecule has 2 rings (SSSR count). The second kappa shape index (κ2) is 6.00. The minimum absolute atomic E-state index is 0.289. The number of pyridine rings is 1. The van der Waals surface area contributed by atoms with Crippen molar-refractivity contribution in [1.82, 2.24) is 4.98 Å². The molecule has 0 unspecified atom stereocenters. The van der Waals surface area contributed by atoms with Crippen LogP contribution >= 0.6 is 15.9 Å². The van der Waals surface area contributed by atoms with Crippen molar-refractivity contribution in [3.8, 4) is 0 Å². The summed E-state index contributed by atoms with van der Waals surface area (Å²) in [5.74, 6) is -0.709. The third kappa shape index (κ3) is 3.14. The number of carbonyl (C=O) groups is 1. The Morgan fingerprint density at radius 3 is 2.80 bits per heavy atom. The van der Waals surface area contributed by atoms with Crippen LogP contribution in [0.25, 0.3) is 0 Å². The highest BCUT2D eigenvalue weighted by Crippen LogP contribution is 2.24. The number of nitrogens with zero attached hydrogens (tertiary/aromatic N) is 1. The summed E-state index contributed by atoms with van der Waals surface area (Å²) in [6, 6.07) is 6.29. The maximum Gasteiger partial charge on any atom is 0.274 e.